The van der Waals surface area contributed by atoms with Gasteiger partial charge in [0.25, 0.3) is 0 Å². The van der Waals surface area contributed by atoms with E-state index in [9.17, 15) is 48.7 Å². The Kier molecular flexibility index (Phi) is 25.7. The van der Waals surface area contributed by atoms with Crippen molar-refractivity contribution in [1.29, 1.82) is 0 Å². The average Bonchev–Trinajstić information content (AvgIpc) is 3.07. The number of nitrogens with one attached hydrogen (secondary N) is 3. The van der Waals surface area contributed by atoms with Gasteiger partial charge in [0.15, 0.2) is 6.73 Å². The average molecular weight is 818 g/mol. The van der Waals surface area contributed by atoms with Gasteiger partial charge in [-0.3, -0.25) is 52.9 Å². The highest BCUT2D eigenvalue weighted by molar-refractivity contribution is 7.39. The summed E-state index contributed by atoms with van der Waals surface area (Å²) in [5, 5.41) is 36.4. The fraction of sp³-hybridized carbons (Fsp3) is 0.793. The van der Waals surface area contributed by atoms with E-state index in [-0.39, 0.29) is 98.0 Å². The Morgan fingerprint density at radius 2 is 1.20 bits per heavy atom. The predicted molar refractivity (Wildman–Crippen MR) is 191 cm³/mol. The highest BCUT2D eigenvalue weighted by atomic mass is 31.2. The van der Waals surface area contributed by atoms with E-state index in [1.165, 1.54) is 0 Å². The molecule has 3 amide bonds. The van der Waals surface area contributed by atoms with Gasteiger partial charge in [-0.15, -0.1) is 9.42 Å². The van der Waals surface area contributed by atoms with E-state index in [1.54, 1.807) is 19.6 Å². The van der Waals surface area contributed by atoms with Crippen LogP contribution in [-0.4, -0.2) is 208 Å². The molecule has 0 aromatic carbocycles. The second kappa shape index (κ2) is 28.4. The molecule has 0 saturated carbocycles. The number of amides is 3. The van der Waals surface area contributed by atoms with Crippen LogP contribution in [0.5, 0.6) is 0 Å². The van der Waals surface area contributed by atoms with Gasteiger partial charge >= 0.3 is 34.8 Å². The first kappa shape index (κ1) is 49.0. The summed E-state index contributed by atoms with van der Waals surface area (Å²) >= 11 is 0. The molecule has 1 aliphatic heterocycles. The highest BCUT2D eigenvalue weighted by Crippen LogP contribution is 2.24. The lowest BCUT2D eigenvalue weighted by Gasteiger charge is -2.33. The van der Waals surface area contributed by atoms with Crippen LogP contribution in [0.3, 0.4) is 0 Å². The smallest absolute Gasteiger partial charge is 0.480 e. The molecular weight excluding hydrogens is 762 g/mol. The van der Waals surface area contributed by atoms with Gasteiger partial charge < -0.3 is 41.1 Å². The molecule has 1 rings (SSSR count). The number of carboxylic acids is 3. The summed E-state index contributed by atoms with van der Waals surface area (Å²) in [7, 11) is -5.71. The minimum Gasteiger partial charge on any atom is -0.480 e. The maximum absolute atomic E-state index is 13.4. The Balaban J connectivity index is 2.89. The SMILES string of the molecule is CCCNC(=O)[C@@H](CCCCNC(=O)CN(COP(O)O)CO[P+](=O)O)NC(=O)CN1CCN(CC(=O)O)CCN(CC(=O)O)CCN(CC(=O)O)CC1. The predicted octanol–water partition coefficient (Wildman–Crippen LogP) is -3.13. The molecule has 1 fully saturated rings. The molecule has 0 bridgehead atoms. The summed E-state index contributed by atoms with van der Waals surface area (Å²) in [5.74, 6) is -4.63. The van der Waals surface area contributed by atoms with E-state index in [4.69, 9.17) is 14.7 Å². The van der Waals surface area contributed by atoms with Crippen molar-refractivity contribution in [3.63, 3.8) is 0 Å². The van der Waals surface area contributed by atoms with Crippen LogP contribution in [0.4, 0.5) is 0 Å². The zero-order valence-electron chi connectivity index (χ0n) is 30.4. The van der Waals surface area contributed by atoms with E-state index in [1.807, 2.05) is 6.92 Å². The minimum absolute atomic E-state index is 0.175. The molecule has 9 N–H and O–H groups in total. The zero-order chi connectivity index (χ0) is 40.5. The van der Waals surface area contributed by atoms with Gasteiger partial charge in [-0.1, -0.05) is 6.92 Å². The van der Waals surface area contributed by atoms with Crippen LogP contribution in [0.15, 0.2) is 0 Å². The number of rotatable bonds is 25. The first-order valence-corrected chi connectivity index (χ1v) is 19.6. The van der Waals surface area contributed by atoms with Crippen molar-refractivity contribution in [2.45, 2.75) is 38.6 Å². The third-order valence-corrected chi connectivity index (χ3v) is 8.57. The summed E-state index contributed by atoms with van der Waals surface area (Å²) in [6.07, 6.45) is 1.68. The van der Waals surface area contributed by atoms with Crippen molar-refractivity contribution >= 4 is 52.5 Å². The number of carbonyl (C=O) groups excluding carboxylic acids is 3. The summed E-state index contributed by atoms with van der Waals surface area (Å²) in [4.78, 5) is 108. The molecule has 25 heteroatoms. The fourth-order valence-corrected chi connectivity index (χ4v) is 5.75. The van der Waals surface area contributed by atoms with Crippen LogP contribution >= 0.6 is 16.9 Å². The third-order valence-electron chi connectivity index (χ3n) is 7.89. The van der Waals surface area contributed by atoms with Gasteiger partial charge in [-0.05, 0) is 25.7 Å². The first-order valence-electron chi connectivity index (χ1n) is 17.3. The Morgan fingerprint density at radius 3 is 1.63 bits per heavy atom. The van der Waals surface area contributed by atoms with Crippen LogP contribution < -0.4 is 16.0 Å². The van der Waals surface area contributed by atoms with E-state index >= 15 is 0 Å². The molecule has 1 aliphatic rings. The normalized spacial score (nSPS) is 16.6. The molecule has 1 saturated heterocycles. The quantitative estimate of drug-likeness (QED) is 0.0250. The van der Waals surface area contributed by atoms with Crippen molar-refractivity contribution in [3.05, 3.63) is 0 Å². The fourth-order valence-electron chi connectivity index (χ4n) is 5.22. The summed E-state index contributed by atoms with van der Waals surface area (Å²) in [6.45, 7) is 1.79. The number of unbranched alkanes of at least 4 members (excludes halogenated alkanes) is 1. The molecule has 1 unspecified atom stereocenters. The lowest BCUT2D eigenvalue weighted by Crippen LogP contribution is -2.52. The van der Waals surface area contributed by atoms with Crippen LogP contribution in [-0.2, 0) is 42.4 Å². The number of carbonyl (C=O) groups is 6. The molecule has 310 valence electrons. The van der Waals surface area contributed by atoms with Gasteiger partial charge in [-0.25, -0.2) is 4.90 Å². The lowest BCUT2D eigenvalue weighted by molar-refractivity contribution is -0.140. The molecule has 0 aliphatic carbocycles. The van der Waals surface area contributed by atoms with Gasteiger partial charge in [0.05, 0.1) is 32.7 Å². The minimum atomic E-state index is -2.97. The zero-order valence-corrected chi connectivity index (χ0v) is 32.2. The van der Waals surface area contributed by atoms with E-state index in [0.717, 1.165) is 4.90 Å². The van der Waals surface area contributed by atoms with Crippen molar-refractivity contribution in [2.24, 2.45) is 0 Å². The molecule has 0 spiro atoms. The Labute approximate surface area is 315 Å². The monoisotopic (exact) mass is 817 g/mol. The van der Waals surface area contributed by atoms with Crippen LogP contribution in [0.25, 0.3) is 0 Å². The second-order valence-electron chi connectivity index (χ2n) is 12.4. The van der Waals surface area contributed by atoms with E-state index in [2.05, 4.69) is 25.0 Å². The van der Waals surface area contributed by atoms with Gasteiger partial charge in [0.2, 0.25) is 17.7 Å². The molecular formula is C29H55N8O15P2+. The summed E-state index contributed by atoms with van der Waals surface area (Å²) in [5.41, 5.74) is 0. The first-order chi connectivity index (χ1) is 25.6. The van der Waals surface area contributed by atoms with Crippen molar-refractivity contribution in [2.75, 3.05) is 112 Å². The van der Waals surface area contributed by atoms with Crippen LogP contribution in [0.1, 0.15) is 32.6 Å². The molecule has 0 radical (unpaired) electrons. The van der Waals surface area contributed by atoms with Crippen molar-refractivity contribution in [1.82, 2.24) is 40.4 Å². The third kappa shape index (κ3) is 25.1. The number of hydrogen-bond acceptors (Lipinski definition) is 16. The molecule has 1 heterocycles. The van der Waals surface area contributed by atoms with E-state index in [0.29, 0.717) is 25.8 Å². The number of nitrogens with zero attached hydrogens (tertiary/aromatic N) is 5. The van der Waals surface area contributed by atoms with Crippen molar-refractivity contribution in [3.8, 4) is 0 Å². The molecule has 0 aromatic heterocycles. The van der Waals surface area contributed by atoms with Gasteiger partial charge in [0.1, 0.15) is 12.8 Å². The Bertz CT molecular complexity index is 1180. The van der Waals surface area contributed by atoms with Crippen molar-refractivity contribution < 1.29 is 72.4 Å². The van der Waals surface area contributed by atoms with Gasteiger partial charge in [0, 0.05) is 70.0 Å². The maximum atomic E-state index is 13.4. The maximum Gasteiger partial charge on any atom is 0.696 e. The topological polar surface area (TPSA) is 312 Å². The lowest BCUT2D eigenvalue weighted by atomic mass is 10.1. The summed E-state index contributed by atoms with van der Waals surface area (Å²) in [6, 6.07) is -0.920. The largest absolute Gasteiger partial charge is 0.696 e. The van der Waals surface area contributed by atoms with Gasteiger partial charge in [-0.2, -0.15) is 0 Å². The Hall–Kier alpha value is -3.05. The molecule has 54 heavy (non-hydrogen) atoms. The summed E-state index contributed by atoms with van der Waals surface area (Å²) < 4.78 is 20.0. The molecule has 2 atom stereocenters. The van der Waals surface area contributed by atoms with Crippen LogP contribution in [0, 0.1) is 0 Å². The highest BCUT2D eigenvalue weighted by Gasteiger charge is 2.25. The second-order valence-corrected chi connectivity index (χ2v) is 13.9. The molecule has 0 aromatic rings. The standard InChI is InChI=1S/C29H54N8O15P2/c1-2-6-31-29(46)23(5-3-4-7-30-24(38)16-37(21-51-53(47)48)22-52-54(49)50)32-25(39)17-33-8-10-34(18-26(40)41)12-14-36(20-28(44)45)15-13-35(11-9-33)19-27(42)43/h23,47-48H,2-22H2,1H3,(H6-,30,31,32,38,39,40,41,42,43,44,45,46,49,50)/p+1/t23-/m1/s1. The molecule has 23 nitrogen and oxygen atoms in total. The number of hydrogen-bond donors (Lipinski definition) is 9. The Morgan fingerprint density at radius 1 is 0.722 bits per heavy atom. The van der Waals surface area contributed by atoms with E-state index < -0.39 is 72.0 Å². The number of aliphatic carboxylic acids is 3. The van der Waals surface area contributed by atoms with Crippen LogP contribution in [0.2, 0.25) is 0 Å². The number of carboxylic acid groups (broad SMARTS) is 3.